The second-order valence-electron chi connectivity index (χ2n) is 6.07. The molecule has 0 unspecified atom stereocenters. The summed E-state index contributed by atoms with van der Waals surface area (Å²) in [5, 5.41) is 4.99. The molecule has 0 aliphatic carbocycles. The van der Waals surface area contributed by atoms with Crippen LogP contribution in [0, 0.1) is 6.92 Å². The average Bonchev–Trinajstić information content (AvgIpc) is 3.08. The first-order valence-electron chi connectivity index (χ1n) is 8.38. The highest BCUT2D eigenvalue weighted by Crippen LogP contribution is 2.34. The zero-order valence-corrected chi connectivity index (χ0v) is 15.6. The van der Waals surface area contributed by atoms with Gasteiger partial charge < -0.3 is 4.74 Å². The Morgan fingerprint density at radius 1 is 1.04 bits per heavy atom. The van der Waals surface area contributed by atoms with Crippen molar-refractivity contribution in [2.75, 3.05) is 7.11 Å². The predicted octanol–water partition coefficient (Wildman–Crippen LogP) is 4.85. The van der Waals surface area contributed by atoms with E-state index in [4.69, 9.17) is 16.3 Å². The molecule has 0 atom stereocenters. The van der Waals surface area contributed by atoms with Gasteiger partial charge in [0.15, 0.2) is 11.9 Å². The number of aromatic nitrogens is 3. The van der Waals surface area contributed by atoms with Crippen molar-refractivity contribution >= 4 is 23.5 Å². The van der Waals surface area contributed by atoms with E-state index in [1.54, 1.807) is 7.11 Å². The van der Waals surface area contributed by atoms with Crippen LogP contribution < -0.4 is 4.74 Å². The van der Waals surface area contributed by atoms with Gasteiger partial charge in [-0.25, -0.2) is 9.50 Å². The Morgan fingerprint density at radius 2 is 1.74 bits per heavy atom. The Kier molecular flexibility index (Phi) is 4.38. The van der Waals surface area contributed by atoms with Crippen LogP contribution in [0.1, 0.15) is 16.1 Å². The summed E-state index contributed by atoms with van der Waals surface area (Å²) in [5.41, 5.74) is 4.66. The first-order chi connectivity index (χ1) is 13.1. The van der Waals surface area contributed by atoms with Gasteiger partial charge in [0.05, 0.1) is 18.4 Å². The van der Waals surface area contributed by atoms with E-state index < -0.39 is 0 Å². The summed E-state index contributed by atoms with van der Waals surface area (Å²) in [5.74, 6) is 0.759. The maximum absolute atomic E-state index is 11.8. The summed E-state index contributed by atoms with van der Waals surface area (Å²) in [6, 6.07) is 17.1. The van der Waals surface area contributed by atoms with E-state index in [9.17, 15) is 4.79 Å². The Bertz CT molecular complexity index is 1140. The minimum Gasteiger partial charge on any atom is -0.497 e. The van der Waals surface area contributed by atoms with Crippen molar-refractivity contribution in [3.8, 4) is 28.1 Å². The molecular formula is C21H16ClN3O2. The summed E-state index contributed by atoms with van der Waals surface area (Å²) in [7, 11) is 1.62. The molecule has 2 aromatic heterocycles. The standard InChI is InChI=1S/C21H16ClN3O2/c1-13-18(14-8-10-16(27-2)11-9-14)20(22)25-21(23-13)17(12-26)19(24-25)15-6-4-3-5-7-15/h3-12H,1-2H3. The maximum atomic E-state index is 11.8. The molecule has 0 fully saturated rings. The minimum absolute atomic E-state index is 0.410. The SMILES string of the molecule is COc1ccc(-c2c(C)nc3c(C=O)c(-c4ccccc4)nn3c2Cl)cc1. The molecule has 0 saturated carbocycles. The number of carbonyl (C=O) groups is 1. The molecule has 2 aromatic carbocycles. The van der Waals surface area contributed by atoms with E-state index in [-0.39, 0.29) is 0 Å². The number of rotatable bonds is 4. The second kappa shape index (κ2) is 6.85. The Hall–Kier alpha value is -3.18. The van der Waals surface area contributed by atoms with Crippen molar-refractivity contribution in [1.29, 1.82) is 0 Å². The molecule has 4 aromatic rings. The second-order valence-corrected chi connectivity index (χ2v) is 6.43. The largest absolute Gasteiger partial charge is 0.497 e. The van der Waals surface area contributed by atoms with Crippen LogP contribution in [0.4, 0.5) is 0 Å². The normalized spacial score (nSPS) is 10.9. The molecular weight excluding hydrogens is 362 g/mol. The summed E-state index contributed by atoms with van der Waals surface area (Å²) in [6.07, 6.45) is 0.778. The predicted molar refractivity (Wildman–Crippen MR) is 106 cm³/mol. The van der Waals surface area contributed by atoms with Crippen LogP contribution in [0.5, 0.6) is 5.75 Å². The van der Waals surface area contributed by atoms with Crippen LogP contribution in [0.2, 0.25) is 5.15 Å². The van der Waals surface area contributed by atoms with Gasteiger partial charge in [-0.15, -0.1) is 0 Å². The molecule has 27 heavy (non-hydrogen) atoms. The number of fused-ring (bicyclic) bond motifs is 1. The number of methoxy groups -OCH3 is 1. The zero-order chi connectivity index (χ0) is 19.0. The van der Waals surface area contributed by atoms with Gasteiger partial charge in [-0.05, 0) is 24.6 Å². The third kappa shape index (κ3) is 2.86. The number of halogens is 1. The lowest BCUT2D eigenvalue weighted by molar-refractivity contribution is 0.112. The highest BCUT2D eigenvalue weighted by Gasteiger charge is 2.21. The van der Waals surface area contributed by atoms with E-state index in [1.165, 1.54) is 4.52 Å². The van der Waals surface area contributed by atoms with Gasteiger partial charge in [-0.3, -0.25) is 4.79 Å². The van der Waals surface area contributed by atoms with Crippen molar-refractivity contribution in [1.82, 2.24) is 14.6 Å². The van der Waals surface area contributed by atoms with Gasteiger partial charge in [0.2, 0.25) is 0 Å². The zero-order valence-electron chi connectivity index (χ0n) is 14.8. The van der Waals surface area contributed by atoms with Crippen LogP contribution in [-0.2, 0) is 0 Å². The van der Waals surface area contributed by atoms with Gasteiger partial charge in [-0.1, -0.05) is 54.1 Å². The number of carbonyl (C=O) groups excluding carboxylic acids is 1. The summed E-state index contributed by atoms with van der Waals surface area (Å²) in [4.78, 5) is 16.4. The Labute approximate surface area is 161 Å². The molecule has 4 rings (SSSR count). The first kappa shape index (κ1) is 17.2. The lowest BCUT2D eigenvalue weighted by Crippen LogP contribution is -2.00. The summed E-state index contributed by atoms with van der Waals surface area (Å²) in [6.45, 7) is 1.87. The van der Waals surface area contributed by atoms with Crippen LogP contribution >= 0.6 is 11.6 Å². The van der Waals surface area contributed by atoms with Gasteiger partial charge in [0, 0.05) is 11.1 Å². The van der Waals surface area contributed by atoms with Crippen LogP contribution in [0.25, 0.3) is 28.0 Å². The third-order valence-corrected chi connectivity index (χ3v) is 4.82. The molecule has 0 saturated heterocycles. The fourth-order valence-corrected chi connectivity index (χ4v) is 3.50. The van der Waals surface area contributed by atoms with E-state index in [0.29, 0.717) is 22.1 Å². The fourth-order valence-electron chi connectivity index (χ4n) is 3.14. The fraction of sp³-hybridized carbons (Fsp3) is 0.0952. The topological polar surface area (TPSA) is 56.5 Å². The van der Waals surface area contributed by atoms with Crippen molar-refractivity contribution in [2.45, 2.75) is 6.92 Å². The molecule has 2 heterocycles. The highest BCUT2D eigenvalue weighted by atomic mass is 35.5. The van der Waals surface area contributed by atoms with E-state index in [2.05, 4.69) is 10.1 Å². The molecule has 0 bridgehead atoms. The Morgan fingerprint density at radius 3 is 2.37 bits per heavy atom. The molecule has 0 radical (unpaired) electrons. The summed E-state index contributed by atoms with van der Waals surface area (Å²) < 4.78 is 6.74. The number of nitrogens with zero attached hydrogens (tertiary/aromatic N) is 3. The molecule has 6 heteroatoms. The van der Waals surface area contributed by atoms with Crippen LogP contribution in [-0.4, -0.2) is 28.0 Å². The highest BCUT2D eigenvalue weighted by molar-refractivity contribution is 6.32. The average molecular weight is 378 g/mol. The first-order valence-corrected chi connectivity index (χ1v) is 8.75. The van der Waals surface area contributed by atoms with Crippen molar-refractivity contribution in [3.05, 3.63) is 71.0 Å². The molecule has 5 nitrogen and oxygen atoms in total. The van der Waals surface area contributed by atoms with Crippen molar-refractivity contribution in [2.24, 2.45) is 0 Å². The number of aryl methyl sites for hydroxylation is 1. The number of benzene rings is 2. The maximum Gasteiger partial charge on any atom is 0.168 e. The van der Waals surface area contributed by atoms with Gasteiger partial charge in [0.25, 0.3) is 0 Å². The molecule has 134 valence electrons. The van der Waals surface area contributed by atoms with Gasteiger partial charge in [-0.2, -0.15) is 5.10 Å². The van der Waals surface area contributed by atoms with Crippen LogP contribution in [0.15, 0.2) is 54.6 Å². The van der Waals surface area contributed by atoms with Gasteiger partial charge in [0.1, 0.15) is 16.6 Å². The van der Waals surface area contributed by atoms with E-state index in [0.717, 1.165) is 34.4 Å². The van der Waals surface area contributed by atoms with E-state index in [1.807, 2.05) is 61.5 Å². The molecule has 0 spiro atoms. The molecule has 0 N–H and O–H groups in total. The minimum atomic E-state index is 0.410. The molecule has 0 aliphatic heterocycles. The summed E-state index contributed by atoms with van der Waals surface area (Å²) >= 11 is 6.70. The lowest BCUT2D eigenvalue weighted by atomic mass is 10.1. The lowest BCUT2D eigenvalue weighted by Gasteiger charge is -2.10. The monoisotopic (exact) mass is 377 g/mol. The number of hydrogen-bond acceptors (Lipinski definition) is 4. The molecule has 0 aliphatic rings. The molecule has 0 amide bonds. The van der Waals surface area contributed by atoms with Gasteiger partial charge >= 0.3 is 0 Å². The quantitative estimate of drug-likeness (QED) is 0.377. The number of hydrogen-bond donors (Lipinski definition) is 0. The van der Waals surface area contributed by atoms with Crippen molar-refractivity contribution < 1.29 is 9.53 Å². The third-order valence-electron chi connectivity index (χ3n) is 4.47. The smallest absolute Gasteiger partial charge is 0.168 e. The Balaban J connectivity index is 1.97. The number of ether oxygens (including phenoxy) is 1. The van der Waals surface area contributed by atoms with Crippen LogP contribution in [0.3, 0.4) is 0 Å². The van der Waals surface area contributed by atoms with E-state index >= 15 is 0 Å². The van der Waals surface area contributed by atoms with Crippen molar-refractivity contribution in [3.63, 3.8) is 0 Å². The number of aldehydes is 1.